The fraction of sp³-hybridized carbons (Fsp3) is 1.00. The summed E-state index contributed by atoms with van der Waals surface area (Å²) in [5.74, 6) is 0.825. The molecule has 0 aromatic rings. The molecule has 0 aromatic carbocycles. The molecule has 1 N–H and O–H groups in total. The van der Waals surface area contributed by atoms with E-state index in [1.807, 2.05) is 0 Å². The Morgan fingerprint density at radius 2 is 1.50 bits per heavy atom. The van der Waals surface area contributed by atoms with Gasteiger partial charge in [-0.25, -0.2) is 0 Å². The Kier molecular flexibility index (Phi) is 9.49. The molecule has 0 aliphatic carbocycles. The van der Waals surface area contributed by atoms with Crippen molar-refractivity contribution in [2.75, 3.05) is 7.05 Å². The van der Waals surface area contributed by atoms with Crippen LogP contribution in [0.2, 0.25) is 0 Å². The Balaban J connectivity index is 3.18. The molecule has 86 valence electrons. The van der Waals surface area contributed by atoms with E-state index in [9.17, 15) is 0 Å². The highest BCUT2D eigenvalue weighted by Crippen LogP contribution is 2.14. The van der Waals surface area contributed by atoms with Crippen LogP contribution in [-0.2, 0) is 0 Å². The van der Waals surface area contributed by atoms with Gasteiger partial charge in [0.25, 0.3) is 0 Å². The van der Waals surface area contributed by atoms with Crippen LogP contribution in [0.1, 0.15) is 65.7 Å². The highest BCUT2D eigenvalue weighted by Gasteiger charge is 2.08. The lowest BCUT2D eigenvalue weighted by Crippen LogP contribution is -2.28. The van der Waals surface area contributed by atoms with Crippen molar-refractivity contribution in [2.45, 2.75) is 71.8 Å². The summed E-state index contributed by atoms with van der Waals surface area (Å²) in [5, 5.41) is 3.33. The smallest absolute Gasteiger partial charge is 0.00613 e. The molecule has 0 saturated carbocycles. The molecule has 0 fully saturated rings. The standard InChI is InChI=1S/C13H29N/c1-5-6-7-8-9-10-11-12(2)13(3)14-4/h12-14H,5-11H2,1-4H3. The van der Waals surface area contributed by atoms with Crippen molar-refractivity contribution in [3.63, 3.8) is 0 Å². The van der Waals surface area contributed by atoms with Gasteiger partial charge in [-0.05, 0) is 26.3 Å². The fourth-order valence-corrected chi connectivity index (χ4v) is 1.78. The minimum atomic E-state index is 0.672. The van der Waals surface area contributed by atoms with Gasteiger partial charge in [0, 0.05) is 6.04 Å². The van der Waals surface area contributed by atoms with Crippen molar-refractivity contribution in [1.82, 2.24) is 5.32 Å². The summed E-state index contributed by atoms with van der Waals surface area (Å²) in [4.78, 5) is 0. The number of rotatable bonds is 9. The molecule has 2 atom stereocenters. The van der Waals surface area contributed by atoms with Gasteiger partial charge in [-0.1, -0.05) is 52.4 Å². The third-order valence-electron chi connectivity index (χ3n) is 3.32. The molecular weight excluding hydrogens is 170 g/mol. The molecular formula is C13H29N. The van der Waals surface area contributed by atoms with E-state index >= 15 is 0 Å². The van der Waals surface area contributed by atoms with Crippen LogP contribution >= 0.6 is 0 Å². The average molecular weight is 199 g/mol. The molecule has 0 radical (unpaired) electrons. The lowest BCUT2D eigenvalue weighted by atomic mass is 9.96. The molecule has 0 bridgehead atoms. The van der Waals surface area contributed by atoms with E-state index in [0.717, 1.165) is 5.92 Å². The lowest BCUT2D eigenvalue weighted by Gasteiger charge is -2.18. The molecule has 0 heterocycles. The van der Waals surface area contributed by atoms with Crippen molar-refractivity contribution < 1.29 is 0 Å². The maximum Gasteiger partial charge on any atom is 0.00613 e. The third kappa shape index (κ3) is 7.37. The van der Waals surface area contributed by atoms with E-state index < -0.39 is 0 Å². The molecule has 0 amide bonds. The van der Waals surface area contributed by atoms with Gasteiger partial charge in [0.1, 0.15) is 0 Å². The van der Waals surface area contributed by atoms with Crippen LogP contribution in [0, 0.1) is 5.92 Å². The zero-order valence-corrected chi connectivity index (χ0v) is 10.6. The van der Waals surface area contributed by atoms with Crippen molar-refractivity contribution in [2.24, 2.45) is 5.92 Å². The van der Waals surface area contributed by atoms with Crippen LogP contribution in [0.4, 0.5) is 0 Å². The summed E-state index contributed by atoms with van der Waals surface area (Å²) in [6.45, 7) is 6.91. The third-order valence-corrected chi connectivity index (χ3v) is 3.32. The van der Waals surface area contributed by atoms with Crippen LogP contribution < -0.4 is 5.32 Å². The molecule has 0 saturated heterocycles. The molecule has 0 aliphatic rings. The van der Waals surface area contributed by atoms with Gasteiger partial charge in [-0.15, -0.1) is 0 Å². The van der Waals surface area contributed by atoms with Gasteiger partial charge < -0.3 is 5.32 Å². The van der Waals surface area contributed by atoms with Crippen LogP contribution in [0.3, 0.4) is 0 Å². The quantitative estimate of drug-likeness (QED) is 0.554. The predicted octanol–water partition coefficient (Wildman–Crippen LogP) is 3.98. The van der Waals surface area contributed by atoms with Crippen molar-refractivity contribution in [3.8, 4) is 0 Å². The van der Waals surface area contributed by atoms with E-state index in [-0.39, 0.29) is 0 Å². The zero-order chi connectivity index (χ0) is 10.8. The van der Waals surface area contributed by atoms with E-state index in [0.29, 0.717) is 6.04 Å². The van der Waals surface area contributed by atoms with Crippen LogP contribution in [-0.4, -0.2) is 13.1 Å². The molecule has 2 unspecified atom stereocenters. The van der Waals surface area contributed by atoms with E-state index in [4.69, 9.17) is 0 Å². The van der Waals surface area contributed by atoms with Crippen molar-refractivity contribution in [1.29, 1.82) is 0 Å². The molecule has 0 spiro atoms. The van der Waals surface area contributed by atoms with E-state index in [1.165, 1.54) is 44.9 Å². The summed E-state index contributed by atoms with van der Waals surface area (Å²) >= 11 is 0. The molecule has 1 heteroatoms. The van der Waals surface area contributed by atoms with Gasteiger partial charge in [0.2, 0.25) is 0 Å². The zero-order valence-electron chi connectivity index (χ0n) is 10.6. The van der Waals surface area contributed by atoms with Crippen molar-refractivity contribution >= 4 is 0 Å². The maximum absolute atomic E-state index is 3.33. The Labute approximate surface area is 90.7 Å². The average Bonchev–Trinajstić information content (AvgIpc) is 2.21. The number of hydrogen-bond acceptors (Lipinski definition) is 1. The summed E-state index contributed by atoms with van der Waals surface area (Å²) in [6, 6.07) is 0.672. The fourth-order valence-electron chi connectivity index (χ4n) is 1.78. The minimum absolute atomic E-state index is 0.672. The summed E-state index contributed by atoms with van der Waals surface area (Å²) in [6.07, 6.45) is 9.88. The number of hydrogen-bond donors (Lipinski definition) is 1. The minimum Gasteiger partial charge on any atom is -0.317 e. The van der Waals surface area contributed by atoms with Gasteiger partial charge in [-0.2, -0.15) is 0 Å². The summed E-state index contributed by atoms with van der Waals surface area (Å²) in [7, 11) is 2.06. The van der Waals surface area contributed by atoms with Gasteiger partial charge >= 0.3 is 0 Å². The molecule has 0 rings (SSSR count). The van der Waals surface area contributed by atoms with Gasteiger partial charge in [-0.3, -0.25) is 0 Å². The second-order valence-electron chi connectivity index (χ2n) is 4.61. The molecule has 0 aliphatic heterocycles. The number of unbranched alkanes of at least 4 members (excludes halogenated alkanes) is 5. The Morgan fingerprint density at radius 1 is 0.929 bits per heavy atom. The topological polar surface area (TPSA) is 12.0 Å². The Morgan fingerprint density at radius 3 is 2.07 bits per heavy atom. The first-order chi connectivity index (χ1) is 6.72. The lowest BCUT2D eigenvalue weighted by molar-refractivity contribution is 0.384. The Bertz CT molecular complexity index is 112. The predicted molar refractivity (Wildman–Crippen MR) is 65.7 cm³/mol. The van der Waals surface area contributed by atoms with E-state index in [2.05, 4.69) is 33.1 Å². The highest BCUT2D eigenvalue weighted by atomic mass is 14.9. The Hall–Kier alpha value is -0.0400. The van der Waals surface area contributed by atoms with Crippen LogP contribution in [0.15, 0.2) is 0 Å². The summed E-state index contributed by atoms with van der Waals surface area (Å²) in [5.41, 5.74) is 0. The SMILES string of the molecule is CCCCCCCCC(C)C(C)NC. The first-order valence-electron chi connectivity index (χ1n) is 6.39. The maximum atomic E-state index is 3.33. The van der Waals surface area contributed by atoms with Gasteiger partial charge in [0.05, 0.1) is 0 Å². The van der Waals surface area contributed by atoms with Crippen molar-refractivity contribution in [3.05, 3.63) is 0 Å². The van der Waals surface area contributed by atoms with Gasteiger partial charge in [0.15, 0.2) is 0 Å². The second-order valence-corrected chi connectivity index (χ2v) is 4.61. The molecule has 0 aromatic heterocycles. The normalized spacial score (nSPS) is 15.4. The highest BCUT2D eigenvalue weighted by molar-refractivity contribution is 4.65. The molecule has 1 nitrogen and oxygen atoms in total. The number of nitrogens with one attached hydrogen (secondary N) is 1. The second kappa shape index (κ2) is 9.51. The monoisotopic (exact) mass is 199 g/mol. The van der Waals surface area contributed by atoms with E-state index in [1.54, 1.807) is 0 Å². The van der Waals surface area contributed by atoms with Crippen LogP contribution in [0.25, 0.3) is 0 Å². The first kappa shape index (κ1) is 14.0. The first-order valence-corrected chi connectivity index (χ1v) is 6.39. The van der Waals surface area contributed by atoms with Crippen LogP contribution in [0.5, 0.6) is 0 Å². The summed E-state index contributed by atoms with van der Waals surface area (Å²) < 4.78 is 0. The largest absolute Gasteiger partial charge is 0.317 e. The molecule has 14 heavy (non-hydrogen) atoms.